The van der Waals surface area contributed by atoms with Gasteiger partial charge in [0.05, 0.1) is 11.0 Å². The van der Waals surface area contributed by atoms with Gasteiger partial charge in [0.15, 0.2) is 0 Å². The normalized spacial score (nSPS) is 13.0. The van der Waals surface area contributed by atoms with E-state index in [9.17, 15) is 0 Å². The molecule has 2 aromatic heterocycles. The van der Waals surface area contributed by atoms with E-state index >= 15 is 0 Å². The predicted octanol–water partition coefficient (Wildman–Crippen LogP) is 24.4. The van der Waals surface area contributed by atoms with E-state index < -0.39 is 10.0 Å². The fourth-order valence-corrected chi connectivity index (χ4v) is 19.9. The number of benzene rings is 15. The molecule has 2 nitrogen and oxygen atoms in total. The third kappa shape index (κ3) is 7.76. The van der Waals surface area contributed by atoms with Crippen molar-refractivity contribution in [3.63, 3.8) is 0 Å². The van der Waals surface area contributed by atoms with Crippen LogP contribution in [0.25, 0.3) is 124 Å². The number of rotatable bonds is 9. The molecule has 0 radical (unpaired) electrons. The second-order valence-electron chi connectivity index (χ2n) is 23.1. The van der Waals surface area contributed by atoms with Crippen LogP contribution in [-0.4, -0.2) is 4.57 Å². The van der Waals surface area contributed by atoms with E-state index in [1.54, 1.807) is 0 Å². The Labute approximate surface area is 516 Å². The molecule has 18 rings (SSSR count). The number of aromatic nitrogens is 1. The number of hydrogen-bond donors (Lipinski definition) is 0. The van der Waals surface area contributed by atoms with Crippen molar-refractivity contribution in [3.05, 3.63) is 328 Å². The Morgan fingerprint density at radius 1 is 0.261 bits per heavy atom. The van der Waals surface area contributed by atoms with Crippen LogP contribution in [0.5, 0.6) is 0 Å². The molecule has 0 N–H and O–H groups in total. The zero-order valence-corrected chi connectivity index (χ0v) is 49.5. The van der Waals surface area contributed by atoms with Gasteiger partial charge in [-0.15, -0.1) is 21.4 Å². The van der Waals surface area contributed by atoms with Gasteiger partial charge in [0, 0.05) is 73.3 Å². The molecule has 1 aliphatic rings. The summed E-state index contributed by atoms with van der Waals surface area (Å²) in [5.41, 5.74) is 16.6. The maximum Gasteiger partial charge on any atom is 0.0541 e. The Kier molecular flexibility index (Phi) is 11.6. The molecule has 0 fully saturated rings. The highest BCUT2D eigenvalue weighted by molar-refractivity contribution is 8.34. The topological polar surface area (TPSA) is 8.17 Å². The molecule has 1 aliphatic heterocycles. The molecule has 0 saturated heterocycles. The minimum absolute atomic E-state index is 1.09. The van der Waals surface area contributed by atoms with Crippen LogP contribution in [0.4, 0.5) is 17.1 Å². The number of nitrogens with zero attached hydrogens (tertiary/aromatic N) is 2. The van der Waals surface area contributed by atoms with Crippen molar-refractivity contribution in [2.75, 3.05) is 4.90 Å². The van der Waals surface area contributed by atoms with Crippen LogP contribution in [0, 0.1) is 0 Å². The molecule has 15 aromatic carbocycles. The Bertz CT molecular complexity index is 5540. The number of hydrogen-bond acceptors (Lipinski definition) is 2. The van der Waals surface area contributed by atoms with Crippen LogP contribution >= 0.6 is 21.4 Å². The van der Waals surface area contributed by atoms with E-state index in [-0.39, 0.29) is 0 Å². The van der Waals surface area contributed by atoms with Crippen molar-refractivity contribution in [1.82, 2.24) is 4.57 Å². The molecule has 3 heterocycles. The smallest absolute Gasteiger partial charge is 0.0541 e. The van der Waals surface area contributed by atoms with Gasteiger partial charge >= 0.3 is 0 Å². The van der Waals surface area contributed by atoms with E-state index in [4.69, 9.17) is 0 Å². The van der Waals surface area contributed by atoms with E-state index in [1.165, 1.54) is 133 Å². The van der Waals surface area contributed by atoms with Gasteiger partial charge in [-0.1, -0.05) is 212 Å². The van der Waals surface area contributed by atoms with Crippen molar-refractivity contribution in [1.29, 1.82) is 0 Å². The minimum Gasteiger partial charge on any atom is -0.311 e. The first-order chi connectivity index (χ1) is 43.6. The Balaban J connectivity index is 0.784. The molecule has 0 saturated carbocycles. The summed E-state index contributed by atoms with van der Waals surface area (Å²) >= 11 is 1.88. The molecule has 412 valence electrons. The van der Waals surface area contributed by atoms with Gasteiger partial charge in [0.2, 0.25) is 0 Å². The number of anilines is 3. The fraction of sp³-hybridized carbons (Fsp3) is 0. The van der Waals surface area contributed by atoms with Crippen molar-refractivity contribution in [2.24, 2.45) is 0 Å². The quantitative estimate of drug-likeness (QED) is 0.131. The maximum atomic E-state index is 2.52. The van der Waals surface area contributed by atoms with Crippen LogP contribution < -0.4 is 4.90 Å². The maximum absolute atomic E-state index is 2.52. The van der Waals surface area contributed by atoms with Crippen LogP contribution in [-0.2, 0) is 0 Å². The third-order valence-electron chi connectivity index (χ3n) is 18.4. The number of thiophene rings is 1. The van der Waals surface area contributed by atoms with Crippen molar-refractivity contribution in [2.45, 2.75) is 19.6 Å². The molecule has 0 unspecified atom stereocenters. The third-order valence-corrected chi connectivity index (χ3v) is 23.6. The molecule has 4 heteroatoms. The van der Waals surface area contributed by atoms with Gasteiger partial charge < -0.3 is 9.47 Å². The van der Waals surface area contributed by atoms with E-state index in [2.05, 4.69) is 337 Å². The predicted molar refractivity (Wildman–Crippen MR) is 376 cm³/mol. The summed E-state index contributed by atoms with van der Waals surface area (Å²) in [5, 5.41) is 12.7. The van der Waals surface area contributed by atoms with E-state index in [0.29, 0.717) is 0 Å². The van der Waals surface area contributed by atoms with Gasteiger partial charge in [-0.25, -0.2) is 0 Å². The summed E-state index contributed by atoms with van der Waals surface area (Å²) in [4.78, 5) is 7.84. The lowest BCUT2D eigenvalue weighted by atomic mass is 9.94. The van der Waals surface area contributed by atoms with Gasteiger partial charge in [-0.05, 0) is 192 Å². The minimum atomic E-state index is -1.83. The van der Waals surface area contributed by atoms with E-state index in [1.807, 2.05) is 11.3 Å². The average Bonchev–Trinajstić information content (AvgIpc) is 2.86. The SMILES string of the molecule is c1ccc(N(c2ccc(-c3ccc4c(c3)c3cc(-c5ccc6c(c5)S(c5ccccc5)(c5ccccc5)c5ccccc5-6)ccc3n4-c3ccc4c5ccccc5c5ccccc5c4c3)cc2)c2ccc(-c3cccc4c3sc3ccccc34)cc2)cc1. The largest absolute Gasteiger partial charge is 0.311 e. The Hall–Kier alpha value is -10.8. The monoisotopic (exact) mass is 1150 g/mol. The first-order valence-corrected chi connectivity index (χ1v) is 32.6. The lowest BCUT2D eigenvalue weighted by Gasteiger charge is -2.39. The highest BCUT2D eigenvalue weighted by Gasteiger charge is 2.42. The van der Waals surface area contributed by atoms with Gasteiger partial charge in [-0.3, -0.25) is 0 Å². The number of para-hydroxylation sites is 1. The summed E-state index contributed by atoms with van der Waals surface area (Å²) in [5.74, 6) is 0. The Morgan fingerprint density at radius 3 is 1.36 bits per heavy atom. The van der Waals surface area contributed by atoms with E-state index in [0.717, 1.165) is 28.3 Å². The van der Waals surface area contributed by atoms with Gasteiger partial charge in [-0.2, -0.15) is 0 Å². The molecule has 17 aromatic rings. The average molecular weight is 1160 g/mol. The van der Waals surface area contributed by atoms with Crippen LogP contribution in [0.3, 0.4) is 0 Å². The molecule has 88 heavy (non-hydrogen) atoms. The van der Waals surface area contributed by atoms with Gasteiger partial charge in [0.25, 0.3) is 0 Å². The number of fused-ring (bicyclic) bond motifs is 15. The molecular weight excluding hydrogens is 1100 g/mol. The van der Waals surface area contributed by atoms with Crippen molar-refractivity contribution < 1.29 is 0 Å². The summed E-state index contributed by atoms with van der Waals surface area (Å²) < 4.78 is 5.14. The second-order valence-corrected chi connectivity index (χ2v) is 27.2. The lowest BCUT2D eigenvalue weighted by Crippen LogP contribution is -2.09. The molecule has 0 aliphatic carbocycles. The summed E-state index contributed by atoms with van der Waals surface area (Å²) in [6.45, 7) is 0. The van der Waals surface area contributed by atoms with Crippen LogP contribution in [0.15, 0.2) is 347 Å². The first kappa shape index (κ1) is 50.6. The summed E-state index contributed by atoms with van der Waals surface area (Å²) in [6.07, 6.45) is 0. The van der Waals surface area contributed by atoms with Gasteiger partial charge in [0.1, 0.15) is 0 Å². The highest BCUT2D eigenvalue weighted by atomic mass is 32.3. The van der Waals surface area contributed by atoms with Crippen molar-refractivity contribution in [3.8, 4) is 50.2 Å². The molecule has 0 spiro atoms. The van der Waals surface area contributed by atoms with Crippen molar-refractivity contribution >= 4 is 113 Å². The molecule has 0 bridgehead atoms. The molecule has 0 atom stereocenters. The zero-order valence-electron chi connectivity index (χ0n) is 47.9. The molecular formula is C84H54N2S2. The molecule has 0 amide bonds. The first-order valence-electron chi connectivity index (χ1n) is 30.2. The second kappa shape index (κ2) is 20.2. The Morgan fingerprint density at radius 2 is 0.716 bits per heavy atom. The highest BCUT2D eigenvalue weighted by Crippen LogP contribution is 2.80. The fourth-order valence-electron chi connectivity index (χ4n) is 14.4. The summed E-state index contributed by atoms with van der Waals surface area (Å²) in [7, 11) is -1.83. The van der Waals surface area contributed by atoms with Crippen LogP contribution in [0.2, 0.25) is 0 Å². The lowest BCUT2D eigenvalue weighted by molar-refractivity contribution is 1.19. The summed E-state index contributed by atoms with van der Waals surface area (Å²) in [6, 6.07) is 122. The standard InChI is InChI=1S/C84H54N2S2/c1-4-19-60(20-5-1)85(62-44-37-56(38-45-62)66-31-18-32-75-72-29-14-16-33-81(72)87-84(66)75)61-42-35-55(36-43-61)57-40-49-79-77(51-57)78-52-58(41-50-80(78)86(79)63-46-48-71-69-27-11-10-25-67(69)68-26-12-13-28-70(68)76(71)54-63)59-39-47-74-73-30-15-17-34-82(73)88(83(74)53-59,64-21-6-2-7-22-64)65-23-8-3-9-24-65/h1-54H. The van der Waals surface area contributed by atoms with Crippen LogP contribution in [0.1, 0.15) is 0 Å². The zero-order chi connectivity index (χ0) is 57.9.